The monoisotopic (exact) mass is 289 g/mol. The van der Waals surface area contributed by atoms with Gasteiger partial charge in [0.1, 0.15) is 0 Å². The third kappa shape index (κ3) is 5.77. The minimum absolute atomic E-state index is 0.165. The molecule has 118 valence electrons. The van der Waals surface area contributed by atoms with Gasteiger partial charge in [-0.1, -0.05) is 24.3 Å². The van der Waals surface area contributed by atoms with Gasteiger partial charge in [0.2, 0.25) is 0 Å². The van der Waals surface area contributed by atoms with E-state index >= 15 is 0 Å². The number of benzene rings is 1. The zero-order chi connectivity index (χ0) is 15.3. The average Bonchev–Trinajstić information content (AvgIpc) is 2.62. The van der Waals surface area contributed by atoms with Crippen molar-refractivity contribution in [2.24, 2.45) is 0 Å². The van der Waals surface area contributed by atoms with Crippen LogP contribution in [0, 0.1) is 0 Å². The molecule has 0 amide bonds. The third-order valence-electron chi connectivity index (χ3n) is 4.13. The van der Waals surface area contributed by atoms with Crippen molar-refractivity contribution in [1.29, 1.82) is 0 Å². The van der Waals surface area contributed by atoms with Crippen LogP contribution in [0.3, 0.4) is 0 Å². The van der Waals surface area contributed by atoms with Crippen molar-refractivity contribution in [3.05, 3.63) is 35.4 Å². The molecule has 1 fully saturated rings. The SMILES string of the molecule is CN1CCCN(Cc2ccccc2CNC(C)(C)C)CC1. The predicted octanol–water partition coefficient (Wildman–Crippen LogP) is 2.71. The normalized spacial score (nSPS) is 18.7. The van der Waals surface area contributed by atoms with Gasteiger partial charge in [-0.2, -0.15) is 0 Å². The Labute approximate surface area is 130 Å². The first kappa shape index (κ1) is 16.5. The van der Waals surface area contributed by atoms with E-state index in [-0.39, 0.29) is 5.54 Å². The Morgan fingerprint density at radius 3 is 2.43 bits per heavy atom. The number of rotatable bonds is 4. The first-order valence-electron chi connectivity index (χ1n) is 8.17. The van der Waals surface area contributed by atoms with Crippen LogP contribution in [0.15, 0.2) is 24.3 Å². The van der Waals surface area contributed by atoms with Gasteiger partial charge in [-0.25, -0.2) is 0 Å². The van der Waals surface area contributed by atoms with Gasteiger partial charge in [-0.05, 0) is 58.5 Å². The number of nitrogens with zero attached hydrogens (tertiary/aromatic N) is 2. The molecule has 0 atom stereocenters. The van der Waals surface area contributed by atoms with Gasteiger partial charge in [-0.15, -0.1) is 0 Å². The van der Waals surface area contributed by atoms with Crippen LogP contribution < -0.4 is 5.32 Å². The lowest BCUT2D eigenvalue weighted by atomic mass is 10.0. The molecule has 0 aliphatic carbocycles. The molecule has 1 heterocycles. The van der Waals surface area contributed by atoms with E-state index in [2.05, 4.69) is 67.2 Å². The molecular weight excluding hydrogens is 258 g/mol. The van der Waals surface area contributed by atoms with Crippen molar-refractivity contribution in [1.82, 2.24) is 15.1 Å². The summed E-state index contributed by atoms with van der Waals surface area (Å²) < 4.78 is 0. The second kappa shape index (κ2) is 7.39. The van der Waals surface area contributed by atoms with E-state index in [1.807, 2.05) is 0 Å². The van der Waals surface area contributed by atoms with Gasteiger partial charge >= 0.3 is 0 Å². The lowest BCUT2D eigenvalue weighted by Crippen LogP contribution is -2.35. The first-order chi connectivity index (χ1) is 9.94. The van der Waals surface area contributed by atoms with Crippen molar-refractivity contribution in [2.45, 2.75) is 45.8 Å². The van der Waals surface area contributed by atoms with E-state index in [1.54, 1.807) is 0 Å². The fourth-order valence-electron chi connectivity index (χ4n) is 2.74. The Hall–Kier alpha value is -0.900. The van der Waals surface area contributed by atoms with Gasteiger partial charge in [0, 0.05) is 31.7 Å². The van der Waals surface area contributed by atoms with Crippen LogP contribution in [-0.2, 0) is 13.1 Å². The number of likely N-dealkylation sites (N-methyl/N-ethyl adjacent to an activating group) is 1. The third-order valence-corrected chi connectivity index (χ3v) is 4.13. The summed E-state index contributed by atoms with van der Waals surface area (Å²) in [5.74, 6) is 0. The van der Waals surface area contributed by atoms with Crippen LogP contribution in [0.25, 0.3) is 0 Å². The first-order valence-corrected chi connectivity index (χ1v) is 8.17. The topological polar surface area (TPSA) is 18.5 Å². The molecule has 1 aliphatic rings. The second-order valence-electron chi connectivity index (χ2n) is 7.31. The molecule has 0 saturated carbocycles. The molecule has 3 heteroatoms. The Kier molecular flexibility index (Phi) is 5.80. The number of nitrogens with one attached hydrogen (secondary N) is 1. The minimum atomic E-state index is 0.165. The summed E-state index contributed by atoms with van der Waals surface area (Å²) in [7, 11) is 2.23. The highest BCUT2D eigenvalue weighted by molar-refractivity contribution is 5.27. The summed E-state index contributed by atoms with van der Waals surface area (Å²) in [4.78, 5) is 5.03. The van der Waals surface area contributed by atoms with Crippen LogP contribution >= 0.6 is 0 Å². The van der Waals surface area contributed by atoms with Gasteiger partial charge < -0.3 is 10.2 Å². The standard InChI is InChI=1S/C18H31N3/c1-18(2,3)19-14-16-8-5-6-9-17(16)15-21-11-7-10-20(4)12-13-21/h5-6,8-9,19H,7,10-15H2,1-4H3. The van der Waals surface area contributed by atoms with E-state index in [0.29, 0.717) is 0 Å². The van der Waals surface area contributed by atoms with Gasteiger partial charge in [0.15, 0.2) is 0 Å². The Morgan fingerprint density at radius 1 is 1.00 bits per heavy atom. The lowest BCUT2D eigenvalue weighted by molar-refractivity contribution is 0.268. The van der Waals surface area contributed by atoms with Crippen LogP contribution in [0.5, 0.6) is 0 Å². The second-order valence-corrected chi connectivity index (χ2v) is 7.31. The summed E-state index contributed by atoms with van der Waals surface area (Å²) in [6, 6.07) is 8.87. The Morgan fingerprint density at radius 2 is 1.71 bits per heavy atom. The molecule has 1 aromatic rings. The van der Waals surface area contributed by atoms with E-state index in [0.717, 1.165) is 13.1 Å². The van der Waals surface area contributed by atoms with Crippen LogP contribution in [0.4, 0.5) is 0 Å². The van der Waals surface area contributed by atoms with Gasteiger partial charge in [0.05, 0.1) is 0 Å². The molecular formula is C18H31N3. The maximum Gasteiger partial charge on any atom is 0.0237 e. The molecule has 1 aromatic carbocycles. The average molecular weight is 289 g/mol. The molecule has 1 aliphatic heterocycles. The van der Waals surface area contributed by atoms with Crippen LogP contribution in [0.1, 0.15) is 38.3 Å². The van der Waals surface area contributed by atoms with Crippen molar-refractivity contribution in [3.63, 3.8) is 0 Å². The van der Waals surface area contributed by atoms with E-state index in [4.69, 9.17) is 0 Å². The van der Waals surface area contributed by atoms with Crippen molar-refractivity contribution >= 4 is 0 Å². The quantitative estimate of drug-likeness (QED) is 0.919. The molecule has 1 saturated heterocycles. The lowest BCUT2D eigenvalue weighted by Gasteiger charge is -2.24. The van der Waals surface area contributed by atoms with Crippen molar-refractivity contribution in [2.75, 3.05) is 33.2 Å². The Bertz CT molecular complexity index is 436. The number of hydrogen-bond donors (Lipinski definition) is 1. The largest absolute Gasteiger partial charge is 0.308 e. The Balaban J connectivity index is 1.99. The highest BCUT2D eigenvalue weighted by Gasteiger charge is 2.15. The maximum absolute atomic E-state index is 3.61. The van der Waals surface area contributed by atoms with Crippen LogP contribution in [-0.4, -0.2) is 48.6 Å². The fraction of sp³-hybridized carbons (Fsp3) is 0.667. The van der Waals surface area contributed by atoms with E-state index < -0.39 is 0 Å². The fourth-order valence-corrected chi connectivity index (χ4v) is 2.74. The van der Waals surface area contributed by atoms with E-state index in [1.165, 1.54) is 43.7 Å². The maximum atomic E-state index is 3.61. The molecule has 0 spiro atoms. The summed E-state index contributed by atoms with van der Waals surface area (Å²) >= 11 is 0. The van der Waals surface area contributed by atoms with Crippen LogP contribution in [0.2, 0.25) is 0 Å². The number of hydrogen-bond acceptors (Lipinski definition) is 3. The minimum Gasteiger partial charge on any atom is -0.308 e. The summed E-state index contributed by atoms with van der Waals surface area (Å²) in [5, 5.41) is 3.61. The molecule has 21 heavy (non-hydrogen) atoms. The van der Waals surface area contributed by atoms with Gasteiger partial charge in [0.25, 0.3) is 0 Å². The smallest absolute Gasteiger partial charge is 0.0237 e. The highest BCUT2D eigenvalue weighted by Crippen LogP contribution is 2.14. The molecule has 0 radical (unpaired) electrons. The highest BCUT2D eigenvalue weighted by atomic mass is 15.2. The predicted molar refractivity (Wildman–Crippen MR) is 90.4 cm³/mol. The summed E-state index contributed by atoms with van der Waals surface area (Å²) in [5.41, 5.74) is 3.07. The molecule has 0 unspecified atom stereocenters. The molecule has 2 rings (SSSR count). The molecule has 1 N–H and O–H groups in total. The summed E-state index contributed by atoms with van der Waals surface area (Å²) in [6.45, 7) is 13.5. The molecule has 0 aromatic heterocycles. The summed E-state index contributed by atoms with van der Waals surface area (Å²) in [6.07, 6.45) is 1.28. The van der Waals surface area contributed by atoms with E-state index in [9.17, 15) is 0 Å². The zero-order valence-electron chi connectivity index (χ0n) is 14.2. The zero-order valence-corrected chi connectivity index (χ0v) is 14.2. The van der Waals surface area contributed by atoms with Gasteiger partial charge in [-0.3, -0.25) is 4.90 Å². The molecule has 3 nitrogen and oxygen atoms in total. The van der Waals surface area contributed by atoms with Crippen molar-refractivity contribution < 1.29 is 0 Å². The molecule has 0 bridgehead atoms. The van der Waals surface area contributed by atoms with Crippen molar-refractivity contribution in [3.8, 4) is 0 Å².